The highest BCUT2D eigenvalue weighted by atomic mass is 35.5. The molecule has 0 spiro atoms. The van der Waals surface area contributed by atoms with Gasteiger partial charge >= 0.3 is 0 Å². The highest BCUT2D eigenvalue weighted by Crippen LogP contribution is 2.48. The van der Waals surface area contributed by atoms with E-state index in [0.29, 0.717) is 23.6 Å². The predicted octanol–water partition coefficient (Wildman–Crippen LogP) is 5.81. The smallest absolute Gasteiger partial charge is 0.232 e. The molecule has 3 nitrogen and oxygen atoms in total. The molecule has 1 aliphatic heterocycles. The van der Waals surface area contributed by atoms with Crippen LogP contribution in [-0.2, 0) is 9.59 Å². The first-order valence-corrected chi connectivity index (χ1v) is 10.0. The van der Waals surface area contributed by atoms with Gasteiger partial charge in [-0.05, 0) is 36.5 Å². The molecule has 1 unspecified atom stereocenters. The monoisotopic (exact) mass is 393 g/mol. The van der Waals surface area contributed by atoms with Gasteiger partial charge in [-0.25, -0.2) is 0 Å². The van der Waals surface area contributed by atoms with Crippen molar-refractivity contribution in [3.05, 3.63) is 76.0 Å². The molecule has 4 rings (SSSR count). The van der Waals surface area contributed by atoms with E-state index in [0.717, 1.165) is 22.4 Å². The molecule has 1 atom stereocenters. The van der Waals surface area contributed by atoms with Crippen LogP contribution in [0, 0.1) is 12.3 Å². The highest BCUT2D eigenvalue weighted by Gasteiger charge is 2.44. The fraction of sp³-hybridized carbons (Fsp3) is 0.333. The number of rotatable bonds is 2. The summed E-state index contributed by atoms with van der Waals surface area (Å²) in [6.07, 6.45) is 1.45. The lowest BCUT2D eigenvalue weighted by Crippen LogP contribution is -2.43. The van der Waals surface area contributed by atoms with Crippen LogP contribution in [0.15, 0.2) is 59.8 Å². The van der Waals surface area contributed by atoms with Gasteiger partial charge < -0.3 is 0 Å². The maximum absolute atomic E-state index is 13.3. The first kappa shape index (κ1) is 18.9. The lowest BCUT2D eigenvalue weighted by Gasteiger charge is -2.43. The van der Waals surface area contributed by atoms with Crippen molar-refractivity contribution in [2.45, 2.75) is 46.0 Å². The Hall–Kier alpha value is -2.39. The van der Waals surface area contributed by atoms with E-state index in [1.165, 1.54) is 0 Å². The van der Waals surface area contributed by atoms with Crippen LogP contribution in [0.3, 0.4) is 0 Å². The van der Waals surface area contributed by atoms with Crippen LogP contribution in [-0.4, -0.2) is 11.7 Å². The Labute approximate surface area is 171 Å². The van der Waals surface area contributed by atoms with Gasteiger partial charge in [0.05, 0.1) is 10.7 Å². The number of halogens is 1. The fourth-order valence-electron chi connectivity index (χ4n) is 4.41. The summed E-state index contributed by atoms with van der Waals surface area (Å²) in [7, 11) is 0. The molecule has 0 saturated carbocycles. The number of hydrogen-bond acceptors (Lipinski definition) is 2. The molecule has 0 saturated heterocycles. The minimum atomic E-state index is -0.190. The van der Waals surface area contributed by atoms with Crippen molar-refractivity contribution in [1.82, 2.24) is 0 Å². The number of hydrogen-bond donors (Lipinski definition) is 0. The number of carbonyl (C=O) groups is 2. The first-order chi connectivity index (χ1) is 13.3. The third kappa shape index (κ3) is 3.29. The van der Waals surface area contributed by atoms with E-state index in [1.807, 2.05) is 49.4 Å². The summed E-state index contributed by atoms with van der Waals surface area (Å²) < 4.78 is 0. The standard InChI is InChI=1S/C24H24ClNO2/c1-15-8-10-16(11-9-15)17-12-22(28)26(19-7-5-4-6-18(19)25)20-13-24(2,3)14-21(27)23(17)20/h4-11,17H,12-14H2,1-3H3. The molecule has 0 bridgehead atoms. The number of nitrogens with zero attached hydrogens (tertiary/aromatic N) is 1. The summed E-state index contributed by atoms with van der Waals surface area (Å²) in [4.78, 5) is 28.2. The lowest BCUT2D eigenvalue weighted by atomic mass is 9.69. The Morgan fingerprint density at radius 1 is 1.00 bits per heavy atom. The molecule has 144 valence electrons. The molecule has 1 heterocycles. The van der Waals surface area contributed by atoms with Crippen molar-refractivity contribution in [3.63, 3.8) is 0 Å². The Bertz CT molecular complexity index is 988. The van der Waals surface area contributed by atoms with E-state index >= 15 is 0 Å². The molecule has 0 fully saturated rings. The molecule has 2 aliphatic rings. The molecule has 1 aliphatic carbocycles. The van der Waals surface area contributed by atoms with Gasteiger partial charge in [-0.15, -0.1) is 0 Å². The van der Waals surface area contributed by atoms with Crippen molar-refractivity contribution < 1.29 is 9.59 Å². The molecule has 0 radical (unpaired) electrons. The van der Waals surface area contributed by atoms with E-state index in [-0.39, 0.29) is 29.4 Å². The SMILES string of the molecule is Cc1ccc(C2CC(=O)N(c3ccccc3Cl)C3=C2C(=O)CC(C)(C)C3)cc1. The van der Waals surface area contributed by atoms with Crippen LogP contribution in [0.4, 0.5) is 5.69 Å². The van der Waals surface area contributed by atoms with Crippen molar-refractivity contribution in [2.24, 2.45) is 5.41 Å². The van der Waals surface area contributed by atoms with E-state index in [9.17, 15) is 9.59 Å². The van der Waals surface area contributed by atoms with Crippen LogP contribution < -0.4 is 4.90 Å². The first-order valence-electron chi connectivity index (χ1n) is 9.67. The molecule has 28 heavy (non-hydrogen) atoms. The van der Waals surface area contributed by atoms with Gasteiger partial charge in [0.2, 0.25) is 5.91 Å². The molecule has 2 aromatic carbocycles. The molecule has 4 heteroatoms. The number of Topliss-reactive ketones (excluding diaryl/α,β-unsaturated/α-hetero) is 1. The Morgan fingerprint density at radius 3 is 2.36 bits per heavy atom. The fourth-order valence-corrected chi connectivity index (χ4v) is 4.63. The van der Waals surface area contributed by atoms with Gasteiger partial charge in [-0.2, -0.15) is 0 Å². The van der Waals surface area contributed by atoms with Gasteiger partial charge in [0, 0.05) is 30.0 Å². The maximum atomic E-state index is 13.3. The summed E-state index contributed by atoms with van der Waals surface area (Å²) in [5.74, 6) is -0.0604. The van der Waals surface area contributed by atoms with Crippen molar-refractivity contribution in [2.75, 3.05) is 4.90 Å². The summed E-state index contributed by atoms with van der Waals surface area (Å²) in [5, 5.41) is 0.521. The number of amides is 1. The summed E-state index contributed by atoms with van der Waals surface area (Å²) in [6, 6.07) is 15.5. The van der Waals surface area contributed by atoms with Gasteiger partial charge in [-0.1, -0.05) is 67.4 Å². The van der Waals surface area contributed by atoms with Crippen LogP contribution in [0.1, 0.15) is 50.2 Å². The Kier molecular flexibility index (Phi) is 4.67. The third-order valence-electron chi connectivity index (χ3n) is 5.72. The normalized spacial score (nSPS) is 21.7. The molecular formula is C24H24ClNO2. The van der Waals surface area contributed by atoms with Crippen LogP contribution in [0.2, 0.25) is 5.02 Å². The highest BCUT2D eigenvalue weighted by molar-refractivity contribution is 6.34. The van der Waals surface area contributed by atoms with Gasteiger partial charge in [-0.3, -0.25) is 14.5 Å². The van der Waals surface area contributed by atoms with E-state index < -0.39 is 0 Å². The zero-order chi connectivity index (χ0) is 20.1. The van der Waals surface area contributed by atoms with Gasteiger partial charge in [0.15, 0.2) is 5.78 Å². The second-order valence-corrected chi connectivity index (χ2v) is 9.06. The lowest BCUT2D eigenvalue weighted by molar-refractivity contribution is -0.121. The number of ketones is 1. The number of aryl methyl sites for hydroxylation is 1. The summed E-state index contributed by atoms with van der Waals surface area (Å²) in [5.41, 5.74) is 4.26. The molecule has 0 aromatic heterocycles. The van der Waals surface area contributed by atoms with Crippen molar-refractivity contribution >= 4 is 29.0 Å². The minimum absolute atomic E-state index is 0.0112. The maximum Gasteiger partial charge on any atom is 0.232 e. The number of para-hydroxylation sites is 1. The Morgan fingerprint density at radius 2 is 1.68 bits per heavy atom. The zero-order valence-corrected chi connectivity index (χ0v) is 17.2. The quantitative estimate of drug-likeness (QED) is 0.645. The largest absolute Gasteiger partial charge is 0.294 e. The average Bonchev–Trinajstić information content (AvgIpc) is 2.62. The van der Waals surface area contributed by atoms with Crippen LogP contribution >= 0.6 is 11.6 Å². The second kappa shape index (κ2) is 6.89. The molecule has 1 amide bonds. The summed E-state index contributed by atoms with van der Waals surface area (Å²) >= 11 is 6.43. The molecular weight excluding hydrogens is 370 g/mol. The van der Waals surface area contributed by atoms with Crippen LogP contribution in [0.25, 0.3) is 0 Å². The number of benzene rings is 2. The number of allylic oxidation sites excluding steroid dienone is 2. The number of carbonyl (C=O) groups excluding carboxylic acids is 2. The van der Waals surface area contributed by atoms with Crippen molar-refractivity contribution in [1.29, 1.82) is 0 Å². The average molecular weight is 394 g/mol. The second-order valence-electron chi connectivity index (χ2n) is 8.65. The van der Waals surface area contributed by atoms with Gasteiger partial charge in [0.1, 0.15) is 0 Å². The van der Waals surface area contributed by atoms with E-state index in [1.54, 1.807) is 11.0 Å². The number of anilines is 1. The Balaban J connectivity index is 1.91. The topological polar surface area (TPSA) is 37.4 Å². The van der Waals surface area contributed by atoms with E-state index in [4.69, 9.17) is 11.6 Å². The molecule has 0 N–H and O–H groups in total. The van der Waals surface area contributed by atoms with Crippen LogP contribution in [0.5, 0.6) is 0 Å². The van der Waals surface area contributed by atoms with Gasteiger partial charge in [0.25, 0.3) is 0 Å². The van der Waals surface area contributed by atoms with E-state index in [2.05, 4.69) is 13.8 Å². The predicted molar refractivity (Wildman–Crippen MR) is 113 cm³/mol. The van der Waals surface area contributed by atoms with Crippen molar-refractivity contribution in [3.8, 4) is 0 Å². The third-order valence-corrected chi connectivity index (χ3v) is 6.04. The summed E-state index contributed by atoms with van der Waals surface area (Å²) in [6.45, 7) is 6.20. The molecule has 2 aromatic rings. The zero-order valence-electron chi connectivity index (χ0n) is 16.5. The minimum Gasteiger partial charge on any atom is -0.294 e.